The molecule has 1 fully saturated rings. The Morgan fingerprint density at radius 2 is 1.50 bits per heavy atom. The number of nitrogens with two attached hydrogens (primary N) is 3. The van der Waals surface area contributed by atoms with Gasteiger partial charge in [-0.3, -0.25) is 4.90 Å². The zero-order chi connectivity index (χ0) is 29.9. The van der Waals surface area contributed by atoms with Crippen LogP contribution in [0.15, 0.2) is 60.1 Å². The monoisotopic (exact) mass is 550 g/mol. The van der Waals surface area contributed by atoms with E-state index in [4.69, 9.17) is 15.9 Å². The minimum atomic E-state index is -0.153. The highest BCUT2D eigenvalue weighted by atomic mass is 32.1. The van der Waals surface area contributed by atoms with Crippen LogP contribution in [-0.4, -0.2) is 55.1 Å². The van der Waals surface area contributed by atoms with Crippen molar-refractivity contribution in [3.05, 3.63) is 77.5 Å². The molecule has 4 rings (SSSR count). The lowest BCUT2D eigenvalue weighted by atomic mass is 10.1. The molecule has 0 saturated carbocycles. The third-order valence-corrected chi connectivity index (χ3v) is 6.13. The summed E-state index contributed by atoms with van der Waals surface area (Å²) in [4.78, 5) is 3.03. The van der Waals surface area contributed by atoms with Gasteiger partial charge in [0.2, 0.25) is 0 Å². The fraction of sp³-hybridized carbons (Fsp3) is 0.548. The number of thiol groups is 1. The molecule has 2 aromatic rings. The standard InChI is InChI=1S/C9H11N.C8H10S.C5H11NO.C5H12.C2H5N.CH5N.CH4O/c10-9-5-7-3-1-2-4-8(7)6-9;1-6-3-4-8(9)7(2)5-6;1-6-4-2-3-5(6)7;1-3-5-4-2;1-2-3;2*1-2/h1-4,9H,5-6,10H2;3-5,9H,1-2H3;5,7H,2-4H2,1H3;3-5H2,1-2H3;2H,1,3H2;2H2,1H3;2H,1H3. The van der Waals surface area contributed by atoms with Gasteiger partial charge in [0.1, 0.15) is 6.23 Å². The van der Waals surface area contributed by atoms with Crippen LogP contribution >= 0.6 is 12.6 Å². The number of rotatable bonds is 2. The number of aliphatic hydroxyl groups is 2. The van der Waals surface area contributed by atoms with E-state index in [-0.39, 0.29) is 6.23 Å². The summed E-state index contributed by atoms with van der Waals surface area (Å²) in [6.45, 7) is 12.8. The number of unbranched alkanes of at least 4 members (excludes halogenated alkanes) is 2. The Labute approximate surface area is 239 Å². The maximum Gasteiger partial charge on any atom is 0.107 e. The molecule has 38 heavy (non-hydrogen) atoms. The number of nitrogens with zero attached hydrogens (tertiary/aromatic N) is 1. The molecule has 1 heterocycles. The van der Waals surface area contributed by atoms with Crippen molar-refractivity contribution >= 4 is 12.6 Å². The smallest absolute Gasteiger partial charge is 0.107 e. The summed E-state index contributed by atoms with van der Waals surface area (Å²) in [6.07, 6.45) is 9.41. The largest absolute Gasteiger partial charge is 0.405 e. The molecule has 2 aromatic carbocycles. The second-order valence-electron chi connectivity index (χ2n) is 8.92. The third-order valence-electron chi connectivity index (χ3n) is 5.62. The molecule has 0 aromatic heterocycles. The highest BCUT2D eigenvalue weighted by Gasteiger charge is 2.16. The van der Waals surface area contributed by atoms with Crippen molar-refractivity contribution in [2.45, 2.75) is 89.8 Å². The van der Waals surface area contributed by atoms with Gasteiger partial charge in [0.15, 0.2) is 0 Å². The second kappa shape index (κ2) is 28.1. The molecule has 1 aliphatic carbocycles. The molecule has 1 aliphatic heterocycles. The quantitative estimate of drug-likeness (QED) is 0.286. The highest BCUT2D eigenvalue weighted by Crippen LogP contribution is 2.19. The van der Waals surface area contributed by atoms with Crippen molar-refractivity contribution in [3.63, 3.8) is 0 Å². The minimum Gasteiger partial charge on any atom is -0.405 e. The van der Waals surface area contributed by atoms with Crippen molar-refractivity contribution in [3.8, 4) is 0 Å². The van der Waals surface area contributed by atoms with Crippen molar-refractivity contribution in [2.75, 3.05) is 27.7 Å². The molecular weight excluding hydrogens is 492 g/mol. The lowest BCUT2D eigenvalue weighted by molar-refractivity contribution is 0.0574. The Balaban J connectivity index is -0.000000407. The summed E-state index contributed by atoms with van der Waals surface area (Å²) in [5.74, 6) is 0. The molecule has 8 N–H and O–H groups in total. The number of benzene rings is 2. The van der Waals surface area contributed by atoms with Gasteiger partial charge >= 0.3 is 0 Å². The molecule has 0 radical (unpaired) electrons. The van der Waals surface area contributed by atoms with E-state index in [1.54, 1.807) is 0 Å². The van der Waals surface area contributed by atoms with Crippen LogP contribution in [0.25, 0.3) is 0 Å². The summed E-state index contributed by atoms with van der Waals surface area (Å²) >= 11 is 4.25. The van der Waals surface area contributed by atoms with Crippen LogP contribution < -0.4 is 17.2 Å². The Hall–Kier alpha value is -1.87. The summed E-state index contributed by atoms with van der Waals surface area (Å²) < 4.78 is 0. The summed E-state index contributed by atoms with van der Waals surface area (Å²) in [7, 11) is 4.44. The van der Waals surface area contributed by atoms with E-state index in [2.05, 4.69) is 94.8 Å². The summed E-state index contributed by atoms with van der Waals surface area (Å²) in [6, 6.07) is 15.1. The van der Waals surface area contributed by atoms with Crippen molar-refractivity contribution in [2.24, 2.45) is 17.2 Å². The Morgan fingerprint density at radius 3 is 1.76 bits per heavy atom. The Bertz CT molecular complexity index is 770. The van der Waals surface area contributed by atoms with E-state index < -0.39 is 0 Å². The first-order chi connectivity index (χ1) is 18.2. The van der Waals surface area contributed by atoms with E-state index in [9.17, 15) is 0 Å². The van der Waals surface area contributed by atoms with Gasteiger partial charge < -0.3 is 27.4 Å². The summed E-state index contributed by atoms with van der Waals surface area (Å²) in [5, 5.41) is 15.9. The molecule has 0 spiro atoms. The van der Waals surface area contributed by atoms with Gasteiger partial charge in [0, 0.05) is 24.6 Å². The van der Waals surface area contributed by atoms with E-state index in [0.29, 0.717) is 6.04 Å². The average Bonchev–Trinajstić information content (AvgIpc) is 3.49. The van der Waals surface area contributed by atoms with E-state index in [0.717, 1.165) is 44.2 Å². The molecular formula is C31H58N4O2S. The van der Waals surface area contributed by atoms with Crippen LogP contribution in [0.5, 0.6) is 0 Å². The fourth-order valence-electron chi connectivity index (χ4n) is 3.64. The molecule has 7 heteroatoms. The molecule has 1 atom stereocenters. The minimum absolute atomic E-state index is 0.153. The Morgan fingerprint density at radius 1 is 1.03 bits per heavy atom. The van der Waals surface area contributed by atoms with Crippen LogP contribution in [0.3, 0.4) is 0 Å². The molecule has 1 unspecified atom stereocenters. The summed E-state index contributed by atoms with van der Waals surface area (Å²) in [5.41, 5.74) is 20.3. The maximum absolute atomic E-state index is 8.92. The van der Waals surface area contributed by atoms with Crippen molar-refractivity contribution in [1.82, 2.24) is 4.90 Å². The number of likely N-dealkylation sites (tertiary alicyclic amines) is 1. The molecule has 220 valence electrons. The molecule has 2 aliphatic rings. The van der Waals surface area contributed by atoms with Crippen LogP contribution in [-0.2, 0) is 12.8 Å². The number of hydrogen-bond donors (Lipinski definition) is 6. The van der Waals surface area contributed by atoms with E-state index in [1.165, 1.54) is 54.8 Å². The second-order valence-corrected chi connectivity index (χ2v) is 9.40. The lowest BCUT2D eigenvalue weighted by Crippen LogP contribution is -2.23. The first-order valence-electron chi connectivity index (χ1n) is 13.5. The topological polar surface area (TPSA) is 122 Å². The van der Waals surface area contributed by atoms with E-state index in [1.807, 2.05) is 18.0 Å². The molecule has 6 nitrogen and oxygen atoms in total. The number of fused-ring (bicyclic) bond motifs is 1. The van der Waals surface area contributed by atoms with Crippen LogP contribution in [0.4, 0.5) is 0 Å². The number of aryl methyl sites for hydroxylation is 2. The van der Waals surface area contributed by atoms with Crippen LogP contribution in [0.2, 0.25) is 0 Å². The predicted molar refractivity (Wildman–Crippen MR) is 171 cm³/mol. The highest BCUT2D eigenvalue weighted by molar-refractivity contribution is 7.80. The van der Waals surface area contributed by atoms with Gasteiger partial charge in [-0.1, -0.05) is 81.7 Å². The van der Waals surface area contributed by atoms with Gasteiger partial charge in [-0.15, -0.1) is 12.6 Å². The normalized spacial score (nSPS) is 14.9. The van der Waals surface area contributed by atoms with Gasteiger partial charge in [0.25, 0.3) is 0 Å². The van der Waals surface area contributed by atoms with Gasteiger partial charge in [0.05, 0.1) is 0 Å². The zero-order valence-corrected chi connectivity index (χ0v) is 26.1. The Kier molecular flexibility index (Phi) is 30.1. The van der Waals surface area contributed by atoms with Gasteiger partial charge in [-0.05, 0) is 82.6 Å². The van der Waals surface area contributed by atoms with Crippen molar-refractivity contribution < 1.29 is 10.2 Å². The molecule has 0 bridgehead atoms. The first-order valence-corrected chi connectivity index (χ1v) is 14.0. The fourth-order valence-corrected chi connectivity index (χ4v) is 3.78. The lowest BCUT2D eigenvalue weighted by Gasteiger charge is -2.10. The van der Waals surface area contributed by atoms with E-state index >= 15 is 0 Å². The average molecular weight is 551 g/mol. The van der Waals surface area contributed by atoms with Crippen LogP contribution in [0, 0.1) is 13.8 Å². The zero-order valence-electron chi connectivity index (χ0n) is 25.2. The van der Waals surface area contributed by atoms with Gasteiger partial charge in [-0.2, -0.15) is 0 Å². The molecule has 0 amide bonds. The first kappa shape index (κ1) is 40.6. The third kappa shape index (κ3) is 21.1. The number of aliphatic hydroxyl groups excluding tert-OH is 2. The van der Waals surface area contributed by atoms with Crippen molar-refractivity contribution in [1.29, 1.82) is 0 Å². The predicted octanol–water partition coefficient (Wildman–Crippen LogP) is 5.20. The SMILES string of the molecule is C=CN.CCCCC.CN.CN1CCCC1O.CO.Cc1ccc(S)c(C)c1.NC1Cc2ccccc2C1. The van der Waals surface area contributed by atoms with Crippen LogP contribution in [0.1, 0.15) is 68.2 Å². The maximum atomic E-state index is 8.92. The number of hydrogen-bond acceptors (Lipinski definition) is 7. The van der Waals surface area contributed by atoms with Gasteiger partial charge in [-0.25, -0.2) is 0 Å². The molecule has 1 saturated heterocycles.